The van der Waals surface area contributed by atoms with Crippen LogP contribution in [-0.2, 0) is 28.6 Å². The number of rotatable bonds is 48. The fourth-order valence-corrected chi connectivity index (χ4v) is 7.81. The van der Waals surface area contributed by atoms with E-state index in [4.69, 9.17) is 14.2 Å². The van der Waals surface area contributed by atoms with Crippen LogP contribution in [0.4, 0.5) is 0 Å². The van der Waals surface area contributed by atoms with E-state index in [1.54, 1.807) is 21.1 Å². The zero-order valence-electron chi connectivity index (χ0n) is 42.9. The number of likely N-dealkylation sites (N-methyl/N-ethyl adjacent to an activating group) is 1. The summed E-state index contributed by atoms with van der Waals surface area (Å²) in [5.41, 5.74) is 0. The molecule has 0 amide bonds. The molecule has 0 aliphatic carbocycles. The molecule has 0 aromatic heterocycles. The fraction of sp³-hybridized carbons (Fsp3) is 0.772. The van der Waals surface area contributed by atoms with Crippen molar-refractivity contribution in [2.75, 3.05) is 41.0 Å². The number of ether oxygens (including phenoxy) is 3. The van der Waals surface area contributed by atoms with Gasteiger partial charge in [-0.1, -0.05) is 216 Å². The predicted molar refractivity (Wildman–Crippen MR) is 273 cm³/mol. The number of carbonyl (C=O) groups is 3. The van der Waals surface area contributed by atoms with Crippen LogP contribution in [0, 0.1) is 0 Å². The van der Waals surface area contributed by atoms with Crippen molar-refractivity contribution in [2.45, 2.75) is 244 Å². The smallest absolute Gasteiger partial charge is 0.306 e. The second-order valence-corrected chi connectivity index (χ2v) is 19.1. The number of esters is 2. The topological polar surface area (TPSA) is 102 Å². The number of carboxylic acid groups (broad SMARTS) is 1. The summed E-state index contributed by atoms with van der Waals surface area (Å²) in [4.78, 5) is 37.1. The third-order valence-electron chi connectivity index (χ3n) is 11.9. The minimum absolute atomic E-state index is 0.0328. The lowest BCUT2D eigenvalue weighted by molar-refractivity contribution is -0.889. The summed E-state index contributed by atoms with van der Waals surface area (Å²) < 4.78 is 17.2. The van der Waals surface area contributed by atoms with Crippen molar-refractivity contribution >= 4 is 17.9 Å². The molecule has 0 aromatic rings. The van der Waals surface area contributed by atoms with Crippen molar-refractivity contribution in [3.63, 3.8) is 0 Å². The van der Waals surface area contributed by atoms with Gasteiger partial charge in [-0.2, -0.15) is 0 Å². The molecule has 2 atom stereocenters. The summed E-state index contributed by atoms with van der Waals surface area (Å²) in [7, 11) is 5.41. The zero-order valence-corrected chi connectivity index (χ0v) is 42.9. The highest BCUT2D eigenvalue weighted by atomic mass is 16.6. The number of hydrogen-bond donors (Lipinski definition) is 0. The van der Waals surface area contributed by atoms with Crippen molar-refractivity contribution < 1.29 is 38.2 Å². The molecule has 0 bridgehead atoms. The number of carboxylic acids is 1. The van der Waals surface area contributed by atoms with Crippen molar-refractivity contribution in [3.05, 3.63) is 60.8 Å². The van der Waals surface area contributed by atoms with Gasteiger partial charge in [-0.25, -0.2) is 0 Å². The summed E-state index contributed by atoms with van der Waals surface area (Å²) >= 11 is 0. The molecule has 65 heavy (non-hydrogen) atoms. The lowest BCUT2D eigenvalue weighted by atomic mass is 10.0. The molecule has 0 N–H and O–H groups in total. The van der Waals surface area contributed by atoms with Gasteiger partial charge in [0.2, 0.25) is 0 Å². The standard InChI is InChI=1S/C57H101NO7/c1-6-8-10-12-14-16-18-20-22-24-26-28-30-32-34-36-38-40-42-44-46-48-56(60)65-53(51-63-50-49-54(57(61)62)58(3,4)5)52-64-55(59)47-45-43-41-39-37-35-33-31-29-27-25-23-21-19-17-15-13-11-9-7-2/h9,11,15,17,21,23,27,29,33,35,53-54H,6-8,10,12-14,16,18-20,22,24-26,28,30-32,34,36-52H2,1-5H3/b11-9+,17-15+,23-21+,29-27+,35-33+. The van der Waals surface area contributed by atoms with Crippen LogP contribution >= 0.6 is 0 Å². The molecular weight excluding hydrogens is 811 g/mol. The molecule has 0 fully saturated rings. The van der Waals surface area contributed by atoms with Crippen LogP contribution in [0.15, 0.2) is 60.8 Å². The highest BCUT2D eigenvalue weighted by Crippen LogP contribution is 2.16. The van der Waals surface area contributed by atoms with Crippen molar-refractivity contribution in [2.24, 2.45) is 0 Å². The lowest BCUT2D eigenvalue weighted by Gasteiger charge is -2.34. The van der Waals surface area contributed by atoms with Crippen molar-refractivity contribution in [1.82, 2.24) is 0 Å². The minimum atomic E-state index is -1.13. The maximum atomic E-state index is 12.8. The number of aliphatic carboxylic acids is 1. The van der Waals surface area contributed by atoms with Crippen molar-refractivity contribution in [3.8, 4) is 0 Å². The van der Waals surface area contributed by atoms with E-state index in [-0.39, 0.29) is 42.7 Å². The Morgan fingerprint density at radius 1 is 0.477 bits per heavy atom. The number of carbonyl (C=O) groups excluding carboxylic acids is 3. The Bertz CT molecular complexity index is 1250. The molecule has 0 radical (unpaired) electrons. The van der Waals surface area contributed by atoms with Gasteiger partial charge in [0.1, 0.15) is 12.6 Å². The monoisotopic (exact) mass is 912 g/mol. The Morgan fingerprint density at radius 2 is 0.862 bits per heavy atom. The van der Waals surface area contributed by atoms with E-state index in [1.807, 2.05) is 0 Å². The van der Waals surface area contributed by atoms with Gasteiger partial charge in [0.25, 0.3) is 0 Å². The highest BCUT2D eigenvalue weighted by Gasteiger charge is 2.25. The molecule has 376 valence electrons. The molecule has 0 aromatic carbocycles. The van der Waals surface area contributed by atoms with Gasteiger partial charge in [0.15, 0.2) is 6.10 Å². The Balaban J connectivity index is 4.25. The predicted octanol–water partition coefficient (Wildman–Crippen LogP) is 14.4. The fourth-order valence-electron chi connectivity index (χ4n) is 7.81. The second-order valence-electron chi connectivity index (χ2n) is 19.1. The van der Waals surface area contributed by atoms with Gasteiger partial charge in [-0.3, -0.25) is 9.59 Å². The van der Waals surface area contributed by atoms with Crippen LogP contribution in [0.3, 0.4) is 0 Å². The van der Waals surface area contributed by atoms with E-state index in [0.717, 1.165) is 83.5 Å². The SMILES string of the molecule is CC/C=C/C/C=C/C/C=C/C/C=C/C/C=C/CCCCCCC(=O)OCC(COCCC(C(=O)[O-])[N+](C)(C)C)OC(=O)CCCCCCCCCCCCCCCCCCCCCCC. The van der Waals surface area contributed by atoms with Crippen molar-refractivity contribution in [1.29, 1.82) is 0 Å². The maximum absolute atomic E-state index is 12.8. The number of unbranched alkanes of at least 4 members (excludes halogenated alkanes) is 24. The van der Waals surface area contributed by atoms with E-state index in [0.29, 0.717) is 12.8 Å². The molecule has 0 heterocycles. The van der Waals surface area contributed by atoms with Gasteiger partial charge in [-0.05, 0) is 57.8 Å². The first-order valence-electron chi connectivity index (χ1n) is 26.8. The van der Waals surface area contributed by atoms with Gasteiger partial charge in [0, 0.05) is 19.3 Å². The average molecular weight is 912 g/mol. The zero-order chi connectivity index (χ0) is 47.7. The summed E-state index contributed by atoms with van der Waals surface area (Å²) in [5.74, 6) is -1.76. The van der Waals surface area contributed by atoms with Gasteiger partial charge < -0.3 is 28.6 Å². The van der Waals surface area contributed by atoms with Gasteiger partial charge in [-0.15, -0.1) is 0 Å². The average Bonchev–Trinajstić information content (AvgIpc) is 3.27. The lowest BCUT2D eigenvalue weighted by Crippen LogP contribution is -2.55. The van der Waals surface area contributed by atoms with Gasteiger partial charge >= 0.3 is 11.9 Å². The van der Waals surface area contributed by atoms with E-state index < -0.39 is 18.1 Å². The number of quaternary nitrogens is 1. The van der Waals surface area contributed by atoms with E-state index >= 15 is 0 Å². The second kappa shape index (κ2) is 47.5. The Labute approximate surface area is 400 Å². The molecule has 0 rings (SSSR count). The molecule has 0 saturated heterocycles. The molecule has 2 unspecified atom stereocenters. The molecule has 8 nitrogen and oxygen atoms in total. The summed E-state index contributed by atoms with van der Waals surface area (Å²) in [6.07, 6.45) is 59.7. The Kier molecular flexibility index (Phi) is 45.3. The molecule has 0 aliphatic rings. The van der Waals surface area contributed by atoms with Crippen LogP contribution in [0.5, 0.6) is 0 Å². The van der Waals surface area contributed by atoms with Crippen LogP contribution < -0.4 is 5.11 Å². The third kappa shape index (κ3) is 46.0. The summed E-state index contributed by atoms with van der Waals surface area (Å²) in [6.45, 7) is 4.55. The first-order valence-corrected chi connectivity index (χ1v) is 26.8. The first kappa shape index (κ1) is 62.0. The van der Waals surface area contributed by atoms with Gasteiger partial charge in [0.05, 0.1) is 40.3 Å². The number of nitrogens with zero attached hydrogens (tertiary/aromatic N) is 1. The normalized spacial score (nSPS) is 13.3. The van der Waals surface area contributed by atoms with E-state index in [9.17, 15) is 19.5 Å². The van der Waals surface area contributed by atoms with E-state index in [1.165, 1.54) is 116 Å². The Morgan fingerprint density at radius 3 is 1.28 bits per heavy atom. The quantitative estimate of drug-likeness (QED) is 0.0259. The largest absolute Gasteiger partial charge is 0.544 e. The third-order valence-corrected chi connectivity index (χ3v) is 11.9. The molecule has 0 spiro atoms. The molecule has 0 saturated carbocycles. The molecule has 8 heteroatoms. The molecule has 0 aliphatic heterocycles. The minimum Gasteiger partial charge on any atom is -0.544 e. The highest BCUT2D eigenvalue weighted by molar-refractivity contribution is 5.70. The first-order chi connectivity index (χ1) is 31.6. The molecular formula is C57H101NO7. The number of hydrogen-bond acceptors (Lipinski definition) is 7. The van der Waals surface area contributed by atoms with Crippen LogP contribution in [0.25, 0.3) is 0 Å². The maximum Gasteiger partial charge on any atom is 0.306 e. The Hall–Kier alpha value is -2.97. The summed E-state index contributed by atoms with van der Waals surface area (Å²) in [6, 6.07) is -0.731. The van der Waals surface area contributed by atoms with Crippen LogP contribution in [0.2, 0.25) is 0 Å². The van der Waals surface area contributed by atoms with E-state index in [2.05, 4.69) is 74.6 Å². The number of allylic oxidation sites excluding steroid dienone is 10. The van der Waals surface area contributed by atoms with Crippen LogP contribution in [0.1, 0.15) is 232 Å². The van der Waals surface area contributed by atoms with Crippen LogP contribution in [-0.4, -0.2) is 75.5 Å². The summed E-state index contributed by atoms with van der Waals surface area (Å²) in [5, 5.41) is 11.7.